The third kappa shape index (κ3) is 3.77. The molecule has 7 nitrogen and oxygen atoms in total. The highest BCUT2D eigenvalue weighted by atomic mass is 32.2. The van der Waals surface area contributed by atoms with Gasteiger partial charge in [-0.25, -0.2) is 0 Å². The number of methoxy groups -OCH3 is 1. The zero-order valence-electron chi connectivity index (χ0n) is 15.6. The van der Waals surface area contributed by atoms with Gasteiger partial charge in [0.2, 0.25) is 17.7 Å². The predicted molar refractivity (Wildman–Crippen MR) is 105 cm³/mol. The number of aromatic nitrogens is 4. The first-order valence-corrected chi connectivity index (χ1v) is 9.56. The summed E-state index contributed by atoms with van der Waals surface area (Å²) in [6, 6.07) is 15.3. The Kier molecular flexibility index (Phi) is 5.12. The van der Waals surface area contributed by atoms with Crippen molar-refractivity contribution in [1.82, 2.24) is 20.4 Å². The molecular formula is C20H18N4O3S. The molecule has 1 atom stereocenters. The van der Waals surface area contributed by atoms with Gasteiger partial charge in [-0.3, -0.25) is 0 Å². The van der Waals surface area contributed by atoms with Crippen molar-refractivity contribution < 1.29 is 13.6 Å². The van der Waals surface area contributed by atoms with Crippen LogP contribution < -0.4 is 4.74 Å². The SMILES string of the molecule is COc1ccc(-c2nnc([C@H](C)Sc3nnc(-c4ccccc4C)o3)o2)cc1. The highest BCUT2D eigenvalue weighted by molar-refractivity contribution is 7.99. The monoisotopic (exact) mass is 394 g/mol. The number of ether oxygens (including phenoxy) is 1. The molecule has 4 rings (SSSR count). The Morgan fingerprint density at radius 1 is 0.893 bits per heavy atom. The molecule has 0 fully saturated rings. The minimum Gasteiger partial charge on any atom is -0.497 e. The van der Waals surface area contributed by atoms with Crippen molar-refractivity contribution in [1.29, 1.82) is 0 Å². The van der Waals surface area contributed by atoms with Gasteiger partial charge in [0.05, 0.1) is 12.4 Å². The van der Waals surface area contributed by atoms with Gasteiger partial charge in [-0.05, 0) is 49.7 Å². The zero-order chi connectivity index (χ0) is 19.5. The van der Waals surface area contributed by atoms with E-state index in [-0.39, 0.29) is 5.25 Å². The fourth-order valence-corrected chi connectivity index (χ4v) is 3.34. The topological polar surface area (TPSA) is 87.1 Å². The third-order valence-electron chi connectivity index (χ3n) is 4.18. The van der Waals surface area contributed by atoms with Crippen molar-refractivity contribution in [2.45, 2.75) is 24.3 Å². The molecule has 0 bridgehead atoms. The molecule has 0 amide bonds. The third-order valence-corrected chi connectivity index (χ3v) is 5.11. The molecule has 0 saturated heterocycles. The van der Waals surface area contributed by atoms with Crippen molar-refractivity contribution in [3.05, 3.63) is 60.0 Å². The first-order chi connectivity index (χ1) is 13.6. The van der Waals surface area contributed by atoms with E-state index >= 15 is 0 Å². The van der Waals surface area contributed by atoms with Gasteiger partial charge < -0.3 is 13.6 Å². The van der Waals surface area contributed by atoms with E-state index in [4.69, 9.17) is 13.6 Å². The predicted octanol–water partition coefficient (Wildman–Crippen LogP) is 4.96. The lowest BCUT2D eigenvalue weighted by Crippen LogP contribution is -1.88. The second-order valence-electron chi connectivity index (χ2n) is 6.12. The molecule has 0 unspecified atom stereocenters. The summed E-state index contributed by atoms with van der Waals surface area (Å²) in [4.78, 5) is 0. The van der Waals surface area contributed by atoms with E-state index in [1.165, 1.54) is 11.8 Å². The van der Waals surface area contributed by atoms with Crippen LogP contribution in [0, 0.1) is 6.92 Å². The summed E-state index contributed by atoms with van der Waals surface area (Å²) in [7, 11) is 1.63. The Morgan fingerprint density at radius 2 is 1.64 bits per heavy atom. The van der Waals surface area contributed by atoms with Gasteiger partial charge >= 0.3 is 0 Å². The second-order valence-corrected chi connectivity index (χ2v) is 7.41. The number of hydrogen-bond donors (Lipinski definition) is 0. The quantitative estimate of drug-likeness (QED) is 0.424. The van der Waals surface area contributed by atoms with Crippen LogP contribution in [0.1, 0.15) is 23.6 Å². The molecule has 142 valence electrons. The summed E-state index contributed by atoms with van der Waals surface area (Å²) in [6.07, 6.45) is 0. The van der Waals surface area contributed by atoms with E-state index < -0.39 is 0 Å². The second kappa shape index (κ2) is 7.85. The van der Waals surface area contributed by atoms with Crippen molar-refractivity contribution in [2.75, 3.05) is 7.11 Å². The van der Waals surface area contributed by atoms with E-state index in [0.717, 1.165) is 22.4 Å². The van der Waals surface area contributed by atoms with E-state index in [2.05, 4.69) is 20.4 Å². The number of thioether (sulfide) groups is 1. The zero-order valence-corrected chi connectivity index (χ0v) is 16.4. The summed E-state index contributed by atoms with van der Waals surface area (Å²) in [5.41, 5.74) is 2.84. The van der Waals surface area contributed by atoms with Gasteiger partial charge in [0.1, 0.15) is 5.75 Å². The molecule has 8 heteroatoms. The maximum absolute atomic E-state index is 5.81. The van der Waals surface area contributed by atoms with Gasteiger partial charge in [0, 0.05) is 11.1 Å². The van der Waals surface area contributed by atoms with Crippen LogP contribution in [0.3, 0.4) is 0 Å². The Bertz CT molecular complexity index is 1080. The number of hydrogen-bond acceptors (Lipinski definition) is 8. The average Bonchev–Trinajstić information content (AvgIpc) is 3.38. The number of aryl methyl sites for hydroxylation is 1. The first kappa shape index (κ1) is 18.2. The summed E-state index contributed by atoms with van der Waals surface area (Å²) in [5.74, 6) is 2.22. The number of nitrogens with zero attached hydrogens (tertiary/aromatic N) is 4. The molecule has 0 spiro atoms. The molecule has 0 radical (unpaired) electrons. The van der Waals surface area contributed by atoms with Crippen LogP contribution in [0.2, 0.25) is 0 Å². The summed E-state index contributed by atoms with van der Waals surface area (Å²) in [6.45, 7) is 3.96. The average molecular weight is 394 g/mol. The minimum absolute atomic E-state index is 0.135. The van der Waals surface area contributed by atoms with Crippen LogP contribution in [0.25, 0.3) is 22.9 Å². The molecule has 0 saturated carbocycles. The molecule has 2 aromatic heterocycles. The summed E-state index contributed by atoms with van der Waals surface area (Å²) >= 11 is 1.38. The fraction of sp³-hybridized carbons (Fsp3) is 0.200. The maximum atomic E-state index is 5.81. The van der Waals surface area contributed by atoms with Crippen LogP contribution in [0.4, 0.5) is 0 Å². The minimum atomic E-state index is -0.135. The van der Waals surface area contributed by atoms with Crippen molar-refractivity contribution in [2.24, 2.45) is 0 Å². The van der Waals surface area contributed by atoms with Crippen molar-refractivity contribution >= 4 is 11.8 Å². The smallest absolute Gasteiger partial charge is 0.277 e. The van der Waals surface area contributed by atoms with Crippen LogP contribution in [-0.4, -0.2) is 27.5 Å². The van der Waals surface area contributed by atoms with E-state index in [1.807, 2.05) is 62.4 Å². The lowest BCUT2D eigenvalue weighted by Gasteiger charge is -2.02. The highest BCUT2D eigenvalue weighted by Crippen LogP contribution is 2.36. The molecule has 0 aliphatic carbocycles. The number of benzene rings is 2. The van der Waals surface area contributed by atoms with Crippen molar-refractivity contribution in [3.63, 3.8) is 0 Å². The molecule has 0 aliphatic rings. The van der Waals surface area contributed by atoms with Crippen LogP contribution in [0.15, 0.2) is 62.6 Å². The molecule has 0 N–H and O–H groups in total. The van der Waals surface area contributed by atoms with Gasteiger partial charge in [-0.2, -0.15) is 0 Å². The van der Waals surface area contributed by atoms with E-state index in [0.29, 0.717) is 22.9 Å². The van der Waals surface area contributed by atoms with E-state index in [1.54, 1.807) is 7.11 Å². The van der Waals surface area contributed by atoms with Gasteiger partial charge in [-0.15, -0.1) is 20.4 Å². The lowest BCUT2D eigenvalue weighted by atomic mass is 10.1. The van der Waals surface area contributed by atoms with Gasteiger partial charge in [0.25, 0.3) is 5.22 Å². The highest BCUT2D eigenvalue weighted by Gasteiger charge is 2.20. The normalized spacial score (nSPS) is 12.1. The lowest BCUT2D eigenvalue weighted by molar-refractivity contribution is 0.415. The van der Waals surface area contributed by atoms with E-state index in [9.17, 15) is 0 Å². The maximum Gasteiger partial charge on any atom is 0.277 e. The standard InChI is InChI=1S/C20H18N4O3S/c1-12-6-4-5-7-16(12)19-23-24-20(27-19)28-13(2)17-21-22-18(26-17)14-8-10-15(25-3)11-9-14/h4-11,13H,1-3H3/t13-/m0/s1. The molecule has 28 heavy (non-hydrogen) atoms. The number of rotatable bonds is 6. The van der Waals surface area contributed by atoms with Crippen molar-refractivity contribution in [3.8, 4) is 28.7 Å². The molecule has 2 heterocycles. The summed E-state index contributed by atoms with van der Waals surface area (Å²) in [5, 5.41) is 16.9. The van der Waals surface area contributed by atoms with Crippen LogP contribution in [-0.2, 0) is 0 Å². The Morgan fingerprint density at radius 3 is 2.39 bits per heavy atom. The Labute approximate surface area is 166 Å². The van der Waals surface area contributed by atoms with Crippen LogP contribution >= 0.6 is 11.8 Å². The van der Waals surface area contributed by atoms with Gasteiger partial charge in [0.15, 0.2) is 0 Å². The molecule has 2 aromatic carbocycles. The van der Waals surface area contributed by atoms with Crippen LogP contribution in [0.5, 0.6) is 5.75 Å². The van der Waals surface area contributed by atoms with Gasteiger partial charge in [-0.1, -0.05) is 30.0 Å². The molecular weight excluding hydrogens is 376 g/mol. The Hall–Kier alpha value is -3.13. The first-order valence-electron chi connectivity index (χ1n) is 8.68. The Balaban J connectivity index is 1.48. The molecule has 4 aromatic rings. The molecule has 0 aliphatic heterocycles. The summed E-state index contributed by atoms with van der Waals surface area (Å²) < 4.78 is 16.8. The fourth-order valence-electron chi connectivity index (χ4n) is 2.63. The largest absolute Gasteiger partial charge is 0.497 e.